The third-order valence-corrected chi connectivity index (χ3v) is 7.71. The van der Waals surface area contributed by atoms with Crippen molar-refractivity contribution < 1.29 is 18.0 Å². The number of carbonyl (C=O) groups excluding carboxylic acids is 2. The Kier molecular flexibility index (Phi) is 6.30. The molecule has 0 radical (unpaired) electrons. The van der Waals surface area contributed by atoms with Gasteiger partial charge in [-0.25, -0.2) is 12.7 Å². The molecule has 3 rings (SSSR count). The van der Waals surface area contributed by atoms with Gasteiger partial charge in [-0.05, 0) is 23.8 Å². The minimum atomic E-state index is -3.60. The average Bonchev–Trinajstić information content (AvgIpc) is 2.70. The lowest BCUT2D eigenvalue weighted by molar-refractivity contribution is -0.124. The van der Waals surface area contributed by atoms with Crippen LogP contribution < -0.4 is 10.2 Å². The molecular formula is C20H23N3O4S2. The Morgan fingerprint density at radius 2 is 1.86 bits per heavy atom. The second kappa shape index (κ2) is 8.56. The van der Waals surface area contributed by atoms with Crippen LogP contribution in [0, 0.1) is 0 Å². The van der Waals surface area contributed by atoms with Crippen molar-refractivity contribution in [2.45, 2.75) is 28.0 Å². The number of nitrogens with zero attached hydrogens (tertiary/aromatic N) is 2. The summed E-state index contributed by atoms with van der Waals surface area (Å²) in [5.41, 5.74) is 1.52. The van der Waals surface area contributed by atoms with Crippen LogP contribution in [0.1, 0.15) is 12.0 Å². The number of benzene rings is 2. The Labute approximate surface area is 175 Å². The molecule has 0 saturated heterocycles. The van der Waals surface area contributed by atoms with Crippen LogP contribution in [0.25, 0.3) is 0 Å². The summed E-state index contributed by atoms with van der Waals surface area (Å²) in [6.45, 7) is 0.406. The van der Waals surface area contributed by atoms with Crippen molar-refractivity contribution in [1.29, 1.82) is 0 Å². The van der Waals surface area contributed by atoms with E-state index >= 15 is 0 Å². The van der Waals surface area contributed by atoms with Crippen molar-refractivity contribution in [3.05, 3.63) is 54.1 Å². The average molecular weight is 434 g/mol. The Balaban J connectivity index is 1.72. The molecule has 0 aromatic heterocycles. The quantitative estimate of drug-likeness (QED) is 0.754. The van der Waals surface area contributed by atoms with Crippen LogP contribution in [-0.4, -0.2) is 50.9 Å². The van der Waals surface area contributed by atoms with E-state index in [-0.39, 0.29) is 23.1 Å². The lowest BCUT2D eigenvalue weighted by Gasteiger charge is -2.31. The van der Waals surface area contributed by atoms with Gasteiger partial charge in [-0.2, -0.15) is 0 Å². The number of sulfonamides is 1. The number of hydrogen-bond acceptors (Lipinski definition) is 5. The highest BCUT2D eigenvalue weighted by Crippen LogP contribution is 2.41. The fourth-order valence-electron chi connectivity index (χ4n) is 2.93. The molecule has 0 fully saturated rings. The van der Waals surface area contributed by atoms with Gasteiger partial charge in [0, 0.05) is 39.0 Å². The molecule has 1 N–H and O–H groups in total. The molecule has 0 bridgehead atoms. The van der Waals surface area contributed by atoms with Crippen LogP contribution >= 0.6 is 11.8 Å². The van der Waals surface area contributed by atoms with Crippen molar-refractivity contribution in [3.8, 4) is 0 Å². The van der Waals surface area contributed by atoms with E-state index in [0.29, 0.717) is 12.2 Å². The first-order valence-corrected chi connectivity index (χ1v) is 11.3. The van der Waals surface area contributed by atoms with E-state index in [2.05, 4.69) is 5.32 Å². The molecule has 7 nitrogen and oxygen atoms in total. The molecule has 1 heterocycles. The zero-order valence-electron chi connectivity index (χ0n) is 16.5. The van der Waals surface area contributed by atoms with Crippen molar-refractivity contribution >= 4 is 39.3 Å². The van der Waals surface area contributed by atoms with E-state index in [4.69, 9.17) is 0 Å². The lowest BCUT2D eigenvalue weighted by Crippen LogP contribution is -2.41. The Bertz CT molecular complexity index is 1020. The van der Waals surface area contributed by atoms with Crippen LogP contribution in [0.4, 0.5) is 5.69 Å². The maximum Gasteiger partial charge on any atom is 0.242 e. The first-order chi connectivity index (χ1) is 13.7. The van der Waals surface area contributed by atoms with Gasteiger partial charge in [0.1, 0.15) is 0 Å². The number of nitrogens with one attached hydrogen (secondary N) is 1. The molecule has 9 heteroatoms. The summed E-state index contributed by atoms with van der Waals surface area (Å²) in [6.07, 6.45) is 0.0534. The largest absolute Gasteiger partial charge is 0.352 e. The topological polar surface area (TPSA) is 86.8 Å². The molecule has 2 aromatic carbocycles. The van der Waals surface area contributed by atoms with Gasteiger partial charge in [0.15, 0.2) is 0 Å². The molecule has 2 amide bonds. The van der Waals surface area contributed by atoms with E-state index in [1.54, 1.807) is 13.1 Å². The Morgan fingerprint density at radius 1 is 1.17 bits per heavy atom. The van der Waals surface area contributed by atoms with Crippen molar-refractivity contribution in [2.24, 2.45) is 0 Å². The van der Waals surface area contributed by atoms with Gasteiger partial charge in [-0.3, -0.25) is 9.59 Å². The Morgan fingerprint density at radius 3 is 2.52 bits per heavy atom. The minimum Gasteiger partial charge on any atom is -0.352 e. The highest BCUT2D eigenvalue weighted by Gasteiger charge is 2.34. The predicted octanol–water partition coefficient (Wildman–Crippen LogP) is 2.08. The molecule has 1 aliphatic rings. The molecular weight excluding hydrogens is 410 g/mol. The summed E-state index contributed by atoms with van der Waals surface area (Å²) in [5.74, 6) is -0.430. The van der Waals surface area contributed by atoms with Gasteiger partial charge in [0.2, 0.25) is 21.8 Å². The van der Waals surface area contributed by atoms with Crippen molar-refractivity contribution in [3.63, 3.8) is 0 Å². The van der Waals surface area contributed by atoms with Gasteiger partial charge in [-0.1, -0.05) is 30.3 Å². The molecule has 154 valence electrons. The standard InChI is InChI=1S/C20H23N3O4S2/c1-22(2)29(26,27)15-9-10-17-16(11-15)23(3)20(25)18(28-17)12-19(24)21-13-14-7-5-4-6-8-14/h4-11,18H,12-13H2,1-3H3,(H,21,24). The summed E-state index contributed by atoms with van der Waals surface area (Å²) in [7, 11) is 0.925. The third kappa shape index (κ3) is 4.63. The lowest BCUT2D eigenvalue weighted by atomic mass is 10.2. The molecule has 2 aromatic rings. The number of rotatable bonds is 6. The first kappa shape index (κ1) is 21.4. The highest BCUT2D eigenvalue weighted by atomic mass is 32.2. The molecule has 1 atom stereocenters. The fraction of sp³-hybridized carbons (Fsp3) is 0.300. The normalized spacial score (nSPS) is 16.6. The second-order valence-corrected chi connectivity index (χ2v) is 10.3. The number of thioether (sulfide) groups is 1. The maximum absolute atomic E-state index is 12.8. The van der Waals surface area contributed by atoms with E-state index in [1.165, 1.54) is 42.9 Å². The van der Waals surface area contributed by atoms with Gasteiger partial charge in [-0.15, -0.1) is 11.8 Å². The SMILES string of the molecule is CN1C(=O)C(CC(=O)NCc2ccccc2)Sc2ccc(S(=O)(=O)N(C)C)cc21. The van der Waals surface area contributed by atoms with Crippen molar-refractivity contribution in [2.75, 3.05) is 26.0 Å². The van der Waals surface area contributed by atoms with E-state index in [9.17, 15) is 18.0 Å². The van der Waals surface area contributed by atoms with E-state index < -0.39 is 15.3 Å². The minimum absolute atomic E-state index is 0.0534. The number of anilines is 1. The van der Waals surface area contributed by atoms with Crippen LogP contribution in [0.5, 0.6) is 0 Å². The molecule has 0 spiro atoms. The van der Waals surface area contributed by atoms with Gasteiger partial charge in [0.05, 0.1) is 15.8 Å². The summed E-state index contributed by atoms with van der Waals surface area (Å²) >= 11 is 1.29. The smallest absolute Gasteiger partial charge is 0.242 e. The number of amides is 2. The first-order valence-electron chi connectivity index (χ1n) is 9.01. The van der Waals surface area contributed by atoms with Gasteiger partial charge in [0.25, 0.3) is 0 Å². The monoisotopic (exact) mass is 433 g/mol. The van der Waals surface area contributed by atoms with Crippen LogP contribution in [0.2, 0.25) is 0 Å². The Hall–Kier alpha value is -2.36. The number of carbonyl (C=O) groups is 2. The van der Waals surface area contributed by atoms with Gasteiger partial charge >= 0.3 is 0 Å². The zero-order chi connectivity index (χ0) is 21.2. The number of hydrogen-bond donors (Lipinski definition) is 1. The highest BCUT2D eigenvalue weighted by molar-refractivity contribution is 8.01. The van der Waals surface area contributed by atoms with Crippen molar-refractivity contribution in [1.82, 2.24) is 9.62 Å². The van der Waals surface area contributed by atoms with Crippen LogP contribution in [0.15, 0.2) is 58.3 Å². The fourth-order valence-corrected chi connectivity index (χ4v) is 5.12. The van der Waals surface area contributed by atoms with Gasteiger partial charge < -0.3 is 10.2 Å². The molecule has 0 saturated carbocycles. The molecule has 29 heavy (non-hydrogen) atoms. The summed E-state index contributed by atoms with van der Waals surface area (Å²) in [5, 5.41) is 2.28. The summed E-state index contributed by atoms with van der Waals surface area (Å²) in [4.78, 5) is 27.4. The molecule has 0 aliphatic carbocycles. The predicted molar refractivity (Wildman–Crippen MR) is 113 cm³/mol. The summed E-state index contributed by atoms with van der Waals surface area (Å²) in [6, 6.07) is 14.3. The third-order valence-electron chi connectivity index (χ3n) is 4.65. The van der Waals surface area contributed by atoms with E-state index in [1.807, 2.05) is 30.3 Å². The van der Waals surface area contributed by atoms with E-state index in [0.717, 1.165) is 14.8 Å². The molecule has 1 unspecified atom stereocenters. The number of fused-ring (bicyclic) bond motifs is 1. The second-order valence-electron chi connectivity index (χ2n) is 6.89. The molecule has 1 aliphatic heterocycles. The van der Waals surface area contributed by atoms with Crippen LogP contribution in [0.3, 0.4) is 0 Å². The zero-order valence-corrected chi connectivity index (χ0v) is 18.1. The van der Waals surface area contributed by atoms with Crippen LogP contribution in [-0.2, 0) is 26.2 Å². The maximum atomic E-state index is 12.8. The summed E-state index contributed by atoms with van der Waals surface area (Å²) < 4.78 is 25.9.